The van der Waals surface area contributed by atoms with Crippen molar-refractivity contribution in [1.82, 2.24) is 10.3 Å². The van der Waals surface area contributed by atoms with Gasteiger partial charge >= 0.3 is 0 Å². The first-order chi connectivity index (χ1) is 15.2. The number of hydrogen-bond donors (Lipinski definition) is 1. The molecule has 0 unspecified atom stereocenters. The quantitative estimate of drug-likeness (QED) is 0.518. The normalized spacial score (nSPS) is 14.2. The molecule has 1 aliphatic rings. The Bertz CT molecular complexity index is 1050. The highest BCUT2D eigenvalue weighted by Gasteiger charge is 2.22. The number of thiazole rings is 1. The molecule has 1 fully saturated rings. The van der Waals surface area contributed by atoms with E-state index in [2.05, 4.69) is 21.3 Å². The van der Waals surface area contributed by atoms with Crippen LogP contribution in [-0.2, 0) is 5.75 Å². The summed E-state index contributed by atoms with van der Waals surface area (Å²) in [4.78, 5) is 20.4. The van der Waals surface area contributed by atoms with Gasteiger partial charge in [0.05, 0.1) is 28.0 Å². The highest BCUT2D eigenvalue weighted by Crippen LogP contribution is 2.28. The van der Waals surface area contributed by atoms with E-state index in [1.807, 2.05) is 59.4 Å². The van der Waals surface area contributed by atoms with Crippen LogP contribution in [0.3, 0.4) is 0 Å². The zero-order valence-electron chi connectivity index (χ0n) is 17.2. The average Bonchev–Trinajstić information content (AvgIpc) is 3.35. The number of hydrogen-bond acceptors (Lipinski definition) is 6. The fraction of sp³-hybridized carbons (Fsp3) is 0.292. The third kappa shape index (κ3) is 5.46. The number of nitrogens with one attached hydrogen (secondary N) is 1. The third-order valence-electron chi connectivity index (χ3n) is 5.52. The Morgan fingerprint density at radius 1 is 1.19 bits per heavy atom. The summed E-state index contributed by atoms with van der Waals surface area (Å²) in [5.74, 6) is 1.19. The highest BCUT2D eigenvalue weighted by molar-refractivity contribution is 7.98. The first kappa shape index (κ1) is 21.4. The van der Waals surface area contributed by atoms with E-state index in [1.165, 1.54) is 0 Å². The van der Waals surface area contributed by atoms with Crippen molar-refractivity contribution in [3.63, 3.8) is 0 Å². The summed E-state index contributed by atoms with van der Waals surface area (Å²) < 4.78 is 0. The van der Waals surface area contributed by atoms with E-state index in [1.54, 1.807) is 23.1 Å². The van der Waals surface area contributed by atoms with Gasteiger partial charge in [-0.05, 0) is 43.0 Å². The summed E-state index contributed by atoms with van der Waals surface area (Å²) in [6, 6.07) is 17.8. The van der Waals surface area contributed by atoms with Gasteiger partial charge in [-0.3, -0.25) is 4.79 Å². The van der Waals surface area contributed by atoms with E-state index in [4.69, 9.17) is 0 Å². The molecular weight excluding hydrogens is 424 g/mol. The largest absolute Gasteiger partial charge is 0.370 e. The van der Waals surface area contributed by atoms with Gasteiger partial charge in [-0.15, -0.1) is 23.1 Å². The Morgan fingerprint density at radius 2 is 1.97 bits per heavy atom. The molecule has 2 heterocycles. The van der Waals surface area contributed by atoms with Gasteiger partial charge in [0.15, 0.2) is 0 Å². The van der Waals surface area contributed by atoms with Gasteiger partial charge < -0.3 is 10.2 Å². The number of para-hydroxylation sites is 1. The van der Waals surface area contributed by atoms with Crippen LogP contribution in [0.2, 0.25) is 0 Å². The van der Waals surface area contributed by atoms with E-state index in [0.29, 0.717) is 12.5 Å². The van der Waals surface area contributed by atoms with Crippen LogP contribution < -0.4 is 10.2 Å². The molecule has 0 spiro atoms. The summed E-state index contributed by atoms with van der Waals surface area (Å²) in [7, 11) is 0. The molecule has 0 bridgehead atoms. The van der Waals surface area contributed by atoms with E-state index < -0.39 is 0 Å². The van der Waals surface area contributed by atoms with Crippen LogP contribution in [0.1, 0.15) is 34.5 Å². The second-order valence-electron chi connectivity index (χ2n) is 7.53. The van der Waals surface area contributed by atoms with Crippen LogP contribution in [-0.4, -0.2) is 30.5 Å². The maximum Gasteiger partial charge on any atom is 0.252 e. The predicted octanol–water partition coefficient (Wildman–Crippen LogP) is 4.95. The number of anilines is 1. The molecule has 1 aliphatic heterocycles. The van der Waals surface area contributed by atoms with Gasteiger partial charge in [-0.1, -0.05) is 24.3 Å². The molecule has 0 aliphatic carbocycles. The van der Waals surface area contributed by atoms with Crippen molar-refractivity contribution in [3.8, 4) is 6.07 Å². The minimum Gasteiger partial charge on any atom is -0.370 e. The first-order valence-electron chi connectivity index (χ1n) is 10.4. The Morgan fingerprint density at radius 3 is 2.74 bits per heavy atom. The fourth-order valence-electron chi connectivity index (χ4n) is 3.79. The molecule has 2 aromatic carbocycles. The molecule has 0 atom stereocenters. The molecule has 0 radical (unpaired) electrons. The van der Waals surface area contributed by atoms with E-state index in [9.17, 15) is 10.1 Å². The molecular formula is C24H24N4OS2. The summed E-state index contributed by atoms with van der Waals surface area (Å²) in [6.45, 7) is 2.48. The van der Waals surface area contributed by atoms with Crippen molar-refractivity contribution in [2.45, 2.75) is 23.5 Å². The lowest BCUT2D eigenvalue weighted by atomic mass is 9.95. The molecule has 1 aromatic heterocycles. The number of thioether (sulfide) groups is 1. The average molecular weight is 449 g/mol. The SMILES string of the molecule is N#Cc1ccccc1N1CCC(CNC(=O)c2ccccc2SCc2cscn2)CC1. The number of carbonyl (C=O) groups is 1. The monoisotopic (exact) mass is 448 g/mol. The molecule has 7 heteroatoms. The van der Waals surface area contributed by atoms with Gasteiger partial charge in [0.1, 0.15) is 6.07 Å². The van der Waals surface area contributed by atoms with Gasteiger partial charge in [0, 0.05) is 35.7 Å². The van der Waals surface area contributed by atoms with Gasteiger partial charge in [-0.2, -0.15) is 5.26 Å². The number of carbonyl (C=O) groups excluding carboxylic acids is 1. The number of amides is 1. The van der Waals surface area contributed by atoms with Gasteiger partial charge in [0.2, 0.25) is 0 Å². The number of benzene rings is 2. The van der Waals surface area contributed by atoms with E-state index in [0.717, 1.165) is 59.1 Å². The fourth-order valence-corrected chi connectivity index (χ4v) is 5.41. The second kappa shape index (κ2) is 10.5. The number of aromatic nitrogens is 1. The molecule has 4 rings (SSSR count). The summed E-state index contributed by atoms with van der Waals surface area (Å²) >= 11 is 3.23. The second-order valence-corrected chi connectivity index (χ2v) is 9.27. The summed E-state index contributed by atoms with van der Waals surface area (Å²) in [5.41, 5.74) is 5.33. The van der Waals surface area contributed by atoms with Crippen molar-refractivity contribution in [3.05, 3.63) is 76.2 Å². The molecule has 5 nitrogen and oxygen atoms in total. The number of nitriles is 1. The van der Waals surface area contributed by atoms with E-state index in [-0.39, 0.29) is 5.91 Å². The molecule has 1 saturated heterocycles. The number of rotatable bonds is 7. The van der Waals surface area contributed by atoms with Crippen LogP contribution in [0.15, 0.2) is 64.3 Å². The predicted molar refractivity (Wildman–Crippen MR) is 127 cm³/mol. The lowest BCUT2D eigenvalue weighted by Crippen LogP contribution is -2.39. The molecule has 3 aromatic rings. The topological polar surface area (TPSA) is 69.0 Å². The molecule has 1 amide bonds. The molecule has 1 N–H and O–H groups in total. The van der Waals surface area contributed by atoms with Crippen LogP contribution in [0, 0.1) is 17.2 Å². The summed E-state index contributed by atoms with van der Waals surface area (Å²) in [5, 5.41) is 14.5. The Balaban J connectivity index is 1.29. The Kier molecular flexibility index (Phi) is 7.23. The van der Waals surface area contributed by atoms with Crippen molar-refractivity contribution < 1.29 is 4.79 Å². The molecule has 31 heavy (non-hydrogen) atoms. The van der Waals surface area contributed by atoms with Crippen molar-refractivity contribution >= 4 is 34.7 Å². The lowest BCUT2D eigenvalue weighted by Gasteiger charge is -2.34. The number of piperidine rings is 1. The number of nitrogens with zero attached hydrogens (tertiary/aromatic N) is 3. The lowest BCUT2D eigenvalue weighted by molar-refractivity contribution is 0.0942. The van der Waals surface area contributed by atoms with E-state index >= 15 is 0 Å². The highest BCUT2D eigenvalue weighted by atomic mass is 32.2. The molecule has 0 saturated carbocycles. The zero-order valence-corrected chi connectivity index (χ0v) is 18.8. The molecule has 158 valence electrons. The maximum atomic E-state index is 12.9. The Labute approximate surface area is 191 Å². The minimum absolute atomic E-state index is 0.0152. The smallest absolute Gasteiger partial charge is 0.252 e. The maximum absolute atomic E-state index is 12.9. The van der Waals surface area contributed by atoms with Gasteiger partial charge in [0.25, 0.3) is 5.91 Å². The Hall–Kier alpha value is -2.82. The minimum atomic E-state index is -0.0152. The standard InChI is InChI=1S/C24H24N4OS2/c25-13-19-5-1-3-7-22(19)28-11-9-18(10-12-28)14-26-24(29)21-6-2-4-8-23(21)31-16-20-15-30-17-27-20/h1-8,15,17-18H,9-12,14,16H2,(H,26,29). The van der Waals surface area contributed by atoms with Crippen LogP contribution in [0.4, 0.5) is 5.69 Å². The van der Waals surface area contributed by atoms with Crippen molar-refractivity contribution in [1.29, 1.82) is 5.26 Å². The summed E-state index contributed by atoms with van der Waals surface area (Å²) in [6.07, 6.45) is 2.00. The van der Waals surface area contributed by atoms with Crippen LogP contribution >= 0.6 is 23.1 Å². The third-order valence-corrected chi connectivity index (χ3v) is 7.26. The first-order valence-corrected chi connectivity index (χ1v) is 12.3. The van der Waals surface area contributed by atoms with Crippen LogP contribution in [0.25, 0.3) is 0 Å². The zero-order chi connectivity index (χ0) is 21.5. The van der Waals surface area contributed by atoms with Crippen molar-refractivity contribution in [2.75, 3.05) is 24.5 Å². The van der Waals surface area contributed by atoms with Crippen molar-refractivity contribution in [2.24, 2.45) is 5.92 Å². The van der Waals surface area contributed by atoms with Gasteiger partial charge in [-0.25, -0.2) is 4.98 Å². The van der Waals surface area contributed by atoms with Crippen LogP contribution in [0.5, 0.6) is 0 Å².